The summed E-state index contributed by atoms with van der Waals surface area (Å²) in [4.78, 5) is 11.4. The number of aromatic nitrogens is 3. The van der Waals surface area contributed by atoms with E-state index in [0.29, 0.717) is 19.0 Å². The van der Waals surface area contributed by atoms with Crippen molar-refractivity contribution in [2.45, 2.75) is 5.41 Å². The minimum atomic E-state index is -0.592. The third kappa shape index (κ3) is 1.50. The van der Waals surface area contributed by atoms with Crippen molar-refractivity contribution in [2.75, 3.05) is 13.2 Å². The van der Waals surface area contributed by atoms with Crippen molar-refractivity contribution in [1.29, 1.82) is 5.26 Å². The second-order valence-corrected chi connectivity index (χ2v) is 4.07. The molecule has 0 unspecified atom stereocenters. The van der Waals surface area contributed by atoms with E-state index in [0.717, 1.165) is 11.3 Å². The number of rotatable bonds is 2. The maximum absolute atomic E-state index is 9.17. The number of imidazole rings is 1. The summed E-state index contributed by atoms with van der Waals surface area (Å²) in [5, 5.41) is 9.17. The number of hydrogen-bond acceptors (Lipinski definition) is 4. The zero-order chi connectivity index (χ0) is 11.7. The molecule has 0 spiro atoms. The van der Waals surface area contributed by atoms with E-state index in [1.807, 2.05) is 12.1 Å². The Morgan fingerprint density at radius 1 is 1.35 bits per heavy atom. The van der Waals surface area contributed by atoms with Gasteiger partial charge >= 0.3 is 0 Å². The maximum atomic E-state index is 9.17. The van der Waals surface area contributed by atoms with Gasteiger partial charge in [-0.1, -0.05) is 0 Å². The first kappa shape index (κ1) is 10.00. The minimum Gasteiger partial charge on any atom is -0.377 e. The van der Waals surface area contributed by atoms with Gasteiger partial charge in [-0.3, -0.25) is 4.98 Å². The van der Waals surface area contributed by atoms with Crippen LogP contribution in [0.1, 0.15) is 5.82 Å². The number of pyridine rings is 1. The van der Waals surface area contributed by atoms with Gasteiger partial charge in [-0.15, -0.1) is 0 Å². The fraction of sp³-hybridized carbons (Fsp3) is 0.250. The van der Waals surface area contributed by atoms with Crippen molar-refractivity contribution < 1.29 is 4.74 Å². The second kappa shape index (κ2) is 3.68. The molecule has 5 nitrogen and oxygen atoms in total. The number of aromatic amines is 1. The van der Waals surface area contributed by atoms with Crippen LogP contribution in [-0.2, 0) is 10.2 Å². The molecule has 0 aromatic carbocycles. The highest BCUT2D eigenvalue weighted by Crippen LogP contribution is 2.30. The highest BCUT2D eigenvalue weighted by molar-refractivity contribution is 5.57. The second-order valence-electron chi connectivity index (χ2n) is 4.07. The van der Waals surface area contributed by atoms with Crippen molar-refractivity contribution in [3.8, 4) is 17.3 Å². The number of nitrogens with one attached hydrogen (secondary N) is 1. The Bertz CT molecular complexity index is 566. The normalized spacial score (nSPS) is 17.1. The van der Waals surface area contributed by atoms with Crippen molar-refractivity contribution >= 4 is 0 Å². The minimum absolute atomic E-state index is 0.410. The summed E-state index contributed by atoms with van der Waals surface area (Å²) in [7, 11) is 0. The van der Waals surface area contributed by atoms with Crippen molar-refractivity contribution in [3.63, 3.8) is 0 Å². The number of ether oxygens (including phenoxy) is 1. The summed E-state index contributed by atoms with van der Waals surface area (Å²) < 4.78 is 5.11. The van der Waals surface area contributed by atoms with Gasteiger partial charge < -0.3 is 9.72 Å². The maximum Gasteiger partial charge on any atom is 0.161 e. The van der Waals surface area contributed by atoms with Gasteiger partial charge in [0.1, 0.15) is 5.82 Å². The molecule has 5 heteroatoms. The van der Waals surface area contributed by atoms with E-state index in [9.17, 15) is 0 Å². The Morgan fingerprint density at radius 3 is 2.71 bits per heavy atom. The molecule has 1 aliphatic rings. The summed E-state index contributed by atoms with van der Waals surface area (Å²) in [5.74, 6) is 0.679. The van der Waals surface area contributed by atoms with Gasteiger partial charge in [-0.2, -0.15) is 5.26 Å². The summed E-state index contributed by atoms with van der Waals surface area (Å²) in [5.41, 5.74) is 1.31. The predicted molar refractivity (Wildman–Crippen MR) is 59.9 cm³/mol. The molecule has 1 aliphatic heterocycles. The summed E-state index contributed by atoms with van der Waals surface area (Å²) in [6.45, 7) is 0.819. The van der Waals surface area contributed by atoms with Crippen LogP contribution in [0.3, 0.4) is 0 Å². The quantitative estimate of drug-likeness (QED) is 0.836. The van der Waals surface area contributed by atoms with Gasteiger partial charge in [-0.05, 0) is 12.1 Å². The molecule has 2 aromatic rings. The predicted octanol–water partition coefficient (Wildman–Crippen LogP) is 1.26. The van der Waals surface area contributed by atoms with E-state index in [2.05, 4.69) is 21.0 Å². The molecule has 0 amide bonds. The van der Waals surface area contributed by atoms with E-state index >= 15 is 0 Å². The number of nitrogens with zero attached hydrogens (tertiary/aromatic N) is 3. The molecule has 3 rings (SSSR count). The average molecular weight is 226 g/mol. The number of nitriles is 1. The Morgan fingerprint density at radius 2 is 2.12 bits per heavy atom. The van der Waals surface area contributed by atoms with Crippen LogP contribution in [-0.4, -0.2) is 28.2 Å². The van der Waals surface area contributed by atoms with Gasteiger partial charge in [0.2, 0.25) is 0 Å². The smallest absolute Gasteiger partial charge is 0.161 e. The van der Waals surface area contributed by atoms with Gasteiger partial charge in [0.05, 0.1) is 31.2 Å². The Labute approximate surface area is 98.1 Å². The molecule has 0 saturated carbocycles. The van der Waals surface area contributed by atoms with Crippen LogP contribution in [0.25, 0.3) is 11.3 Å². The summed E-state index contributed by atoms with van der Waals surface area (Å²) in [6, 6.07) is 6.06. The third-order valence-electron chi connectivity index (χ3n) is 2.93. The summed E-state index contributed by atoms with van der Waals surface area (Å²) in [6.07, 6.45) is 5.19. The van der Waals surface area contributed by atoms with Crippen LogP contribution in [0, 0.1) is 11.3 Å². The van der Waals surface area contributed by atoms with Crippen LogP contribution >= 0.6 is 0 Å². The first-order chi connectivity index (χ1) is 8.34. The average Bonchev–Trinajstić information content (AvgIpc) is 2.80. The Kier molecular flexibility index (Phi) is 2.16. The zero-order valence-corrected chi connectivity index (χ0v) is 9.05. The molecular weight excluding hydrogens is 216 g/mol. The third-order valence-corrected chi connectivity index (χ3v) is 2.93. The standard InChI is InChI=1S/C12H10N4O/c13-6-12(7-17-8-12)11-15-5-10(16-11)9-1-3-14-4-2-9/h1-5H,7-8H2,(H,15,16). The van der Waals surface area contributed by atoms with Crippen LogP contribution in [0.15, 0.2) is 30.7 Å². The molecule has 1 N–H and O–H groups in total. The van der Waals surface area contributed by atoms with Crippen LogP contribution in [0.2, 0.25) is 0 Å². The molecule has 0 radical (unpaired) electrons. The Balaban J connectivity index is 1.97. The molecule has 1 saturated heterocycles. The first-order valence-electron chi connectivity index (χ1n) is 5.29. The van der Waals surface area contributed by atoms with Gasteiger partial charge in [0.15, 0.2) is 5.41 Å². The van der Waals surface area contributed by atoms with Crippen LogP contribution < -0.4 is 0 Å². The van der Waals surface area contributed by atoms with E-state index in [1.165, 1.54) is 0 Å². The molecular formula is C12H10N4O. The van der Waals surface area contributed by atoms with E-state index < -0.39 is 5.41 Å². The van der Waals surface area contributed by atoms with Gasteiger partial charge in [0, 0.05) is 18.0 Å². The van der Waals surface area contributed by atoms with E-state index in [-0.39, 0.29) is 0 Å². The molecule has 0 aliphatic carbocycles. The lowest BCUT2D eigenvalue weighted by molar-refractivity contribution is -0.0335. The van der Waals surface area contributed by atoms with Gasteiger partial charge in [-0.25, -0.2) is 4.98 Å². The van der Waals surface area contributed by atoms with Crippen molar-refractivity contribution in [3.05, 3.63) is 36.5 Å². The fourth-order valence-corrected chi connectivity index (χ4v) is 1.80. The van der Waals surface area contributed by atoms with Crippen molar-refractivity contribution in [2.24, 2.45) is 0 Å². The highest BCUT2D eigenvalue weighted by atomic mass is 16.5. The molecule has 17 heavy (non-hydrogen) atoms. The van der Waals surface area contributed by atoms with E-state index in [4.69, 9.17) is 10.00 Å². The van der Waals surface area contributed by atoms with Crippen LogP contribution in [0.4, 0.5) is 0 Å². The van der Waals surface area contributed by atoms with Crippen molar-refractivity contribution in [1.82, 2.24) is 15.0 Å². The molecule has 1 fully saturated rings. The molecule has 2 aromatic heterocycles. The topological polar surface area (TPSA) is 74.6 Å². The molecule has 3 heterocycles. The van der Waals surface area contributed by atoms with E-state index in [1.54, 1.807) is 18.6 Å². The highest BCUT2D eigenvalue weighted by Gasteiger charge is 2.43. The van der Waals surface area contributed by atoms with Crippen LogP contribution in [0.5, 0.6) is 0 Å². The lowest BCUT2D eigenvalue weighted by Gasteiger charge is -2.32. The Hall–Kier alpha value is -2.19. The molecule has 0 atom stereocenters. The SMILES string of the molecule is N#CC1(c2ncc(-c3ccncc3)[nH]2)COC1. The lowest BCUT2D eigenvalue weighted by atomic mass is 9.87. The fourth-order valence-electron chi connectivity index (χ4n) is 1.80. The summed E-state index contributed by atoms with van der Waals surface area (Å²) >= 11 is 0. The molecule has 0 bridgehead atoms. The number of H-pyrrole nitrogens is 1. The largest absolute Gasteiger partial charge is 0.377 e. The van der Waals surface area contributed by atoms with Gasteiger partial charge in [0.25, 0.3) is 0 Å². The monoisotopic (exact) mass is 226 g/mol. The number of hydrogen-bond donors (Lipinski definition) is 1. The lowest BCUT2D eigenvalue weighted by Crippen LogP contribution is -2.46. The first-order valence-corrected chi connectivity index (χ1v) is 5.29. The molecule has 84 valence electrons. The zero-order valence-electron chi connectivity index (χ0n) is 9.05.